The number of amides is 1. The van der Waals surface area contributed by atoms with Crippen molar-refractivity contribution in [2.24, 2.45) is 0 Å². The van der Waals surface area contributed by atoms with E-state index >= 15 is 0 Å². The third-order valence-corrected chi connectivity index (χ3v) is 2.91. The summed E-state index contributed by atoms with van der Waals surface area (Å²) < 4.78 is 1.40. The second-order valence-electron chi connectivity index (χ2n) is 4.10. The van der Waals surface area contributed by atoms with Gasteiger partial charge in [0.25, 0.3) is 11.8 Å². The van der Waals surface area contributed by atoms with Crippen LogP contribution in [0.1, 0.15) is 35.0 Å². The molecule has 0 atom stereocenters. The Balaban J connectivity index is 2.23. The third kappa shape index (κ3) is 2.30. The monoisotopic (exact) mass is 232 g/mol. The largest absolute Gasteiger partial charge is 0.337 e. The zero-order valence-electron chi connectivity index (χ0n) is 9.93. The zero-order chi connectivity index (χ0) is 12.3. The van der Waals surface area contributed by atoms with Gasteiger partial charge in [-0.2, -0.15) is 0 Å². The Hall–Kier alpha value is -1.84. The van der Waals surface area contributed by atoms with Gasteiger partial charge in [-0.15, -0.1) is 0 Å². The minimum absolute atomic E-state index is 0.0506. The van der Waals surface area contributed by atoms with Gasteiger partial charge in [-0.3, -0.25) is 14.2 Å². The van der Waals surface area contributed by atoms with Crippen LogP contribution in [0.4, 0.5) is 0 Å². The van der Waals surface area contributed by atoms with Gasteiger partial charge in [0.05, 0.1) is 0 Å². The van der Waals surface area contributed by atoms with Gasteiger partial charge in [-0.25, -0.2) is 0 Å². The van der Waals surface area contributed by atoms with Crippen LogP contribution in [0.15, 0.2) is 30.5 Å². The van der Waals surface area contributed by atoms with Crippen molar-refractivity contribution in [2.75, 3.05) is 13.1 Å². The second-order valence-corrected chi connectivity index (χ2v) is 4.10. The number of rotatable bonds is 2. The summed E-state index contributed by atoms with van der Waals surface area (Å²) in [6.07, 6.45) is 6.86. The molecule has 90 valence electrons. The molecule has 1 amide bonds. The zero-order valence-corrected chi connectivity index (χ0v) is 9.93. The van der Waals surface area contributed by atoms with E-state index in [1.807, 2.05) is 0 Å². The Bertz CT molecular complexity index is 454. The first-order valence-electron chi connectivity index (χ1n) is 5.87. The van der Waals surface area contributed by atoms with Crippen molar-refractivity contribution in [3.63, 3.8) is 0 Å². The topological polar surface area (TPSA) is 42.3 Å². The summed E-state index contributed by atoms with van der Waals surface area (Å²) in [6.45, 7) is 3.37. The summed E-state index contributed by atoms with van der Waals surface area (Å²) in [5.74, 6) is -0.231. The molecule has 0 aromatic carbocycles. The van der Waals surface area contributed by atoms with E-state index in [2.05, 4.69) is 0 Å². The number of carbonyl (C=O) groups excluding carboxylic acids is 2. The van der Waals surface area contributed by atoms with E-state index in [9.17, 15) is 9.59 Å². The molecule has 1 aromatic rings. The fraction of sp³-hybridized carbons (Fsp3) is 0.385. The maximum Gasteiger partial charge on any atom is 0.270 e. The first-order chi connectivity index (χ1) is 8.24. The van der Waals surface area contributed by atoms with Gasteiger partial charge in [0.1, 0.15) is 5.69 Å². The Kier molecular flexibility index (Phi) is 3.42. The van der Waals surface area contributed by atoms with Crippen LogP contribution in [0.2, 0.25) is 0 Å². The fourth-order valence-corrected chi connectivity index (χ4v) is 2.05. The van der Waals surface area contributed by atoms with Gasteiger partial charge >= 0.3 is 0 Å². The lowest BCUT2D eigenvalue weighted by atomic mass is 10.3. The van der Waals surface area contributed by atoms with Crippen molar-refractivity contribution >= 4 is 11.8 Å². The van der Waals surface area contributed by atoms with Gasteiger partial charge in [-0.05, 0) is 38.0 Å². The highest BCUT2D eigenvalue weighted by molar-refractivity contribution is 6.00. The summed E-state index contributed by atoms with van der Waals surface area (Å²) in [5.41, 5.74) is 0.454. The summed E-state index contributed by atoms with van der Waals surface area (Å²) in [5, 5.41) is 0. The van der Waals surface area contributed by atoms with E-state index in [1.54, 1.807) is 36.2 Å². The number of hydrogen-bond donors (Lipinski definition) is 0. The molecule has 1 saturated heterocycles. The Morgan fingerprint density at radius 3 is 2.65 bits per heavy atom. The predicted molar refractivity (Wildman–Crippen MR) is 65.0 cm³/mol. The number of hydrogen-bond acceptors (Lipinski definition) is 2. The van der Waals surface area contributed by atoms with Crippen LogP contribution in [-0.2, 0) is 0 Å². The maximum absolute atomic E-state index is 12.2. The first-order valence-corrected chi connectivity index (χ1v) is 5.87. The average Bonchev–Trinajstić information content (AvgIpc) is 3.00. The standard InChI is InChI=1S/C13H16N2O2/c1-2-6-12(16)15-10-5-7-11(15)13(17)14-8-3-4-9-14/h2,5-7,10H,3-4,8-9H2,1H3/b6-2+. The van der Waals surface area contributed by atoms with Crippen LogP contribution in [0.25, 0.3) is 0 Å². The van der Waals surface area contributed by atoms with Gasteiger partial charge in [0.2, 0.25) is 0 Å². The van der Waals surface area contributed by atoms with Gasteiger partial charge in [-0.1, -0.05) is 6.08 Å². The van der Waals surface area contributed by atoms with Crippen LogP contribution >= 0.6 is 0 Å². The van der Waals surface area contributed by atoms with Crippen molar-refractivity contribution in [1.82, 2.24) is 9.47 Å². The number of likely N-dealkylation sites (tertiary alicyclic amines) is 1. The number of nitrogens with zero attached hydrogens (tertiary/aromatic N) is 2. The molecule has 2 heterocycles. The summed E-state index contributed by atoms with van der Waals surface area (Å²) in [7, 11) is 0. The van der Waals surface area contributed by atoms with Crippen LogP contribution in [0.3, 0.4) is 0 Å². The Morgan fingerprint density at radius 2 is 2.00 bits per heavy atom. The van der Waals surface area contributed by atoms with Gasteiger partial charge in [0, 0.05) is 19.3 Å². The highest BCUT2D eigenvalue weighted by Crippen LogP contribution is 2.13. The molecular formula is C13H16N2O2. The smallest absolute Gasteiger partial charge is 0.270 e. The van der Waals surface area contributed by atoms with E-state index < -0.39 is 0 Å². The first kappa shape index (κ1) is 11.6. The molecule has 0 spiro atoms. The molecule has 0 saturated carbocycles. The molecule has 1 fully saturated rings. The average molecular weight is 232 g/mol. The molecule has 2 rings (SSSR count). The molecule has 1 aliphatic heterocycles. The highest BCUT2D eigenvalue weighted by atomic mass is 16.2. The molecule has 4 heteroatoms. The second kappa shape index (κ2) is 4.99. The van der Waals surface area contributed by atoms with Crippen molar-refractivity contribution in [3.05, 3.63) is 36.2 Å². The molecule has 17 heavy (non-hydrogen) atoms. The maximum atomic E-state index is 12.2. The summed E-state index contributed by atoms with van der Waals surface area (Å²) in [6, 6.07) is 3.42. The SMILES string of the molecule is C/C=C/C(=O)n1cccc1C(=O)N1CCCC1. The quantitative estimate of drug-likeness (QED) is 0.731. The molecule has 1 aliphatic rings. The lowest BCUT2D eigenvalue weighted by molar-refractivity contribution is 0.0770. The number of carbonyl (C=O) groups is 2. The number of allylic oxidation sites excluding steroid dienone is 2. The fourth-order valence-electron chi connectivity index (χ4n) is 2.05. The van der Waals surface area contributed by atoms with Crippen LogP contribution in [0.5, 0.6) is 0 Å². The molecule has 0 bridgehead atoms. The predicted octanol–water partition coefficient (Wildman–Crippen LogP) is 1.94. The summed E-state index contributed by atoms with van der Waals surface area (Å²) in [4.78, 5) is 25.7. The van der Waals surface area contributed by atoms with Crippen LogP contribution < -0.4 is 0 Å². The lowest BCUT2D eigenvalue weighted by Gasteiger charge is -2.15. The van der Waals surface area contributed by atoms with E-state index in [0.717, 1.165) is 25.9 Å². The van der Waals surface area contributed by atoms with Crippen LogP contribution in [-0.4, -0.2) is 34.4 Å². The number of aromatic nitrogens is 1. The molecule has 0 unspecified atom stereocenters. The lowest BCUT2D eigenvalue weighted by Crippen LogP contribution is -2.30. The van der Waals surface area contributed by atoms with Crippen LogP contribution in [0, 0.1) is 0 Å². The molecule has 0 N–H and O–H groups in total. The minimum Gasteiger partial charge on any atom is -0.337 e. The normalized spacial score (nSPS) is 15.7. The van der Waals surface area contributed by atoms with Crippen molar-refractivity contribution in [2.45, 2.75) is 19.8 Å². The molecule has 0 radical (unpaired) electrons. The molecule has 4 nitrogen and oxygen atoms in total. The van der Waals surface area contributed by atoms with Gasteiger partial charge < -0.3 is 4.90 Å². The molecule has 0 aliphatic carbocycles. The van der Waals surface area contributed by atoms with E-state index in [0.29, 0.717) is 5.69 Å². The minimum atomic E-state index is -0.181. The third-order valence-electron chi connectivity index (χ3n) is 2.91. The van der Waals surface area contributed by atoms with E-state index in [-0.39, 0.29) is 11.8 Å². The van der Waals surface area contributed by atoms with E-state index in [4.69, 9.17) is 0 Å². The Labute approximate surface area is 101 Å². The molecular weight excluding hydrogens is 216 g/mol. The summed E-state index contributed by atoms with van der Waals surface area (Å²) >= 11 is 0. The highest BCUT2D eigenvalue weighted by Gasteiger charge is 2.22. The van der Waals surface area contributed by atoms with Crippen molar-refractivity contribution in [3.8, 4) is 0 Å². The molecule has 1 aromatic heterocycles. The Morgan fingerprint density at radius 1 is 1.29 bits per heavy atom. The van der Waals surface area contributed by atoms with E-state index in [1.165, 1.54) is 10.6 Å². The van der Waals surface area contributed by atoms with Gasteiger partial charge in [0.15, 0.2) is 0 Å². The van der Waals surface area contributed by atoms with Crippen molar-refractivity contribution < 1.29 is 9.59 Å². The van der Waals surface area contributed by atoms with Crippen molar-refractivity contribution in [1.29, 1.82) is 0 Å².